The number of amides is 1. The zero-order chi connectivity index (χ0) is 20.6. The Morgan fingerprint density at radius 2 is 1.76 bits per heavy atom. The van der Waals surface area contributed by atoms with Crippen LogP contribution < -0.4 is 5.32 Å². The lowest BCUT2D eigenvalue weighted by atomic mass is 10.2. The van der Waals surface area contributed by atoms with Crippen LogP contribution in [0.25, 0.3) is 10.4 Å². The molecule has 0 unspecified atom stereocenters. The van der Waals surface area contributed by atoms with E-state index in [4.69, 9.17) is 9.47 Å². The van der Waals surface area contributed by atoms with Crippen LogP contribution in [0.2, 0.25) is 0 Å². The molecular formula is C21H18N2O5S. The number of ether oxygens (including phenoxy) is 2. The molecule has 0 saturated carbocycles. The van der Waals surface area contributed by atoms with Crippen LogP contribution >= 0.6 is 11.3 Å². The first-order chi connectivity index (χ1) is 14.1. The predicted molar refractivity (Wildman–Crippen MR) is 109 cm³/mol. The van der Waals surface area contributed by atoms with Crippen LogP contribution in [0.1, 0.15) is 27.1 Å². The Bertz CT molecular complexity index is 1000. The number of nitrogens with zero attached hydrogens (tertiary/aromatic N) is 1. The molecule has 0 aliphatic heterocycles. The Kier molecular flexibility index (Phi) is 6.70. The van der Waals surface area contributed by atoms with E-state index in [1.165, 1.54) is 23.6 Å². The SMILES string of the molecule is CCOC(=O)c1sc(-c2ccccc2)cc1NC(=O)COC(=O)c1ccccn1. The van der Waals surface area contributed by atoms with Crippen molar-refractivity contribution in [3.8, 4) is 10.4 Å². The minimum Gasteiger partial charge on any atom is -0.462 e. The van der Waals surface area contributed by atoms with Gasteiger partial charge in [0.1, 0.15) is 10.6 Å². The van der Waals surface area contributed by atoms with E-state index in [1.54, 1.807) is 25.1 Å². The van der Waals surface area contributed by atoms with E-state index in [1.807, 2.05) is 30.3 Å². The van der Waals surface area contributed by atoms with E-state index in [-0.39, 0.29) is 17.2 Å². The van der Waals surface area contributed by atoms with Gasteiger partial charge in [-0.2, -0.15) is 0 Å². The number of carbonyl (C=O) groups excluding carboxylic acids is 3. The highest BCUT2D eigenvalue weighted by Crippen LogP contribution is 2.35. The monoisotopic (exact) mass is 410 g/mol. The van der Waals surface area contributed by atoms with Gasteiger partial charge in [0, 0.05) is 11.1 Å². The number of nitrogens with one attached hydrogen (secondary N) is 1. The van der Waals surface area contributed by atoms with Gasteiger partial charge in [0.25, 0.3) is 5.91 Å². The fourth-order valence-corrected chi connectivity index (χ4v) is 3.46. The Morgan fingerprint density at radius 1 is 1.00 bits per heavy atom. The highest BCUT2D eigenvalue weighted by molar-refractivity contribution is 7.18. The lowest BCUT2D eigenvalue weighted by molar-refractivity contribution is -0.119. The quantitative estimate of drug-likeness (QED) is 0.596. The first-order valence-corrected chi connectivity index (χ1v) is 9.64. The first kappa shape index (κ1) is 20.2. The molecule has 148 valence electrons. The highest BCUT2D eigenvalue weighted by atomic mass is 32.1. The molecule has 0 saturated heterocycles. The lowest BCUT2D eigenvalue weighted by Gasteiger charge is -2.07. The van der Waals surface area contributed by atoms with Crippen molar-refractivity contribution in [1.29, 1.82) is 0 Å². The van der Waals surface area contributed by atoms with Crippen molar-refractivity contribution in [2.24, 2.45) is 0 Å². The molecule has 0 spiro atoms. The highest BCUT2D eigenvalue weighted by Gasteiger charge is 2.20. The smallest absolute Gasteiger partial charge is 0.357 e. The van der Waals surface area contributed by atoms with Crippen molar-refractivity contribution >= 4 is 34.9 Å². The van der Waals surface area contributed by atoms with E-state index in [9.17, 15) is 14.4 Å². The minimum absolute atomic E-state index is 0.106. The fourth-order valence-electron chi connectivity index (χ4n) is 2.45. The topological polar surface area (TPSA) is 94.6 Å². The number of pyridine rings is 1. The molecule has 1 amide bonds. The zero-order valence-corrected chi connectivity index (χ0v) is 16.4. The van der Waals surface area contributed by atoms with Crippen molar-refractivity contribution < 1.29 is 23.9 Å². The third kappa shape index (κ3) is 5.26. The van der Waals surface area contributed by atoms with E-state index in [0.29, 0.717) is 5.69 Å². The summed E-state index contributed by atoms with van der Waals surface area (Å²) in [6.07, 6.45) is 1.46. The largest absolute Gasteiger partial charge is 0.462 e. The van der Waals surface area contributed by atoms with Crippen LogP contribution in [0.15, 0.2) is 60.8 Å². The Hall–Kier alpha value is -3.52. The van der Waals surface area contributed by atoms with Gasteiger partial charge in [0.05, 0.1) is 12.3 Å². The number of rotatable bonds is 7. The maximum Gasteiger partial charge on any atom is 0.357 e. The molecule has 0 aliphatic carbocycles. The van der Waals surface area contributed by atoms with Gasteiger partial charge in [0.15, 0.2) is 6.61 Å². The summed E-state index contributed by atoms with van der Waals surface area (Å²) in [5, 5.41) is 2.62. The number of esters is 2. The van der Waals surface area contributed by atoms with Crippen molar-refractivity contribution in [2.45, 2.75) is 6.92 Å². The Balaban J connectivity index is 1.73. The van der Waals surface area contributed by atoms with Gasteiger partial charge in [-0.05, 0) is 30.7 Å². The maximum absolute atomic E-state index is 12.3. The van der Waals surface area contributed by atoms with Crippen LogP contribution in [0.4, 0.5) is 5.69 Å². The molecule has 0 radical (unpaired) electrons. The Morgan fingerprint density at radius 3 is 2.45 bits per heavy atom. The molecule has 0 fully saturated rings. The number of hydrogen-bond acceptors (Lipinski definition) is 7. The van der Waals surface area contributed by atoms with Crippen LogP contribution in [0.5, 0.6) is 0 Å². The number of thiophene rings is 1. The van der Waals surface area contributed by atoms with Crippen LogP contribution in [0, 0.1) is 0 Å². The second-order valence-corrected chi connectivity index (χ2v) is 6.83. The molecule has 7 nitrogen and oxygen atoms in total. The summed E-state index contributed by atoms with van der Waals surface area (Å²) in [6, 6.07) is 16.0. The molecule has 29 heavy (non-hydrogen) atoms. The van der Waals surface area contributed by atoms with Crippen LogP contribution in [0.3, 0.4) is 0 Å². The standard InChI is InChI=1S/C21H18N2O5S/c1-2-27-21(26)19-16(12-17(29-19)14-8-4-3-5-9-14)23-18(24)13-28-20(25)15-10-6-7-11-22-15/h3-12H,2,13H2,1H3,(H,23,24). The maximum atomic E-state index is 12.3. The summed E-state index contributed by atoms with van der Waals surface area (Å²) in [5.41, 5.74) is 1.32. The van der Waals surface area contributed by atoms with E-state index < -0.39 is 24.5 Å². The van der Waals surface area contributed by atoms with Crippen molar-refractivity contribution in [3.63, 3.8) is 0 Å². The molecule has 0 bridgehead atoms. The number of anilines is 1. The molecule has 1 N–H and O–H groups in total. The van der Waals surface area contributed by atoms with Crippen molar-refractivity contribution in [1.82, 2.24) is 4.98 Å². The zero-order valence-electron chi connectivity index (χ0n) is 15.6. The second-order valence-electron chi connectivity index (χ2n) is 5.78. The molecule has 0 aliphatic rings. The lowest BCUT2D eigenvalue weighted by Crippen LogP contribution is -2.22. The molecule has 3 aromatic rings. The van der Waals surface area contributed by atoms with E-state index >= 15 is 0 Å². The molecule has 2 heterocycles. The first-order valence-electron chi connectivity index (χ1n) is 8.83. The van der Waals surface area contributed by atoms with Gasteiger partial charge in [0.2, 0.25) is 0 Å². The summed E-state index contributed by atoms with van der Waals surface area (Å²) in [4.78, 5) is 41.4. The van der Waals surface area contributed by atoms with Crippen molar-refractivity contribution in [2.75, 3.05) is 18.5 Å². The molecule has 3 rings (SSSR count). The van der Waals surface area contributed by atoms with Gasteiger partial charge in [-0.15, -0.1) is 11.3 Å². The third-order valence-electron chi connectivity index (χ3n) is 3.73. The van der Waals surface area contributed by atoms with Gasteiger partial charge in [-0.3, -0.25) is 4.79 Å². The van der Waals surface area contributed by atoms with Crippen LogP contribution in [-0.2, 0) is 14.3 Å². The minimum atomic E-state index is -0.707. The summed E-state index contributed by atoms with van der Waals surface area (Å²) in [6.45, 7) is 1.42. The number of benzene rings is 1. The summed E-state index contributed by atoms with van der Waals surface area (Å²) in [5.74, 6) is -1.81. The number of hydrogen-bond donors (Lipinski definition) is 1. The van der Waals surface area contributed by atoms with Crippen LogP contribution in [-0.4, -0.2) is 36.0 Å². The van der Waals surface area contributed by atoms with Gasteiger partial charge in [-0.1, -0.05) is 36.4 Å². The Labute approximate surface area is 171 Å². The third-order valence-corrected chi connectivity index (χ3v) is 4.90. The molecule has 8 heteroatoms. The summed E-state index contributed by atoms with van der Waals surface area (Å²) >= 11 is 1.22. The second kappa shape index (κ2) is 9.61. The van der Waals surface area contributed by atoms with Gasteiger partial charge >= 0.3 is 11.9 Å². The number of aromatic nitrogens is 1. The normalized spacial score (nSPS) is 10.2. The molecular weight excluding hydrogens is 392 g/mol. The van der Waals surface area contributed by atoms with E-state index in [0.717, 1.165) is 10.4 Å². The fraction of sp³-hybridized carbons (Fsp3) is 0.143. The average molecular weight is 410 g/mol. The average Bonchev–Trinajstić information content (AvgIpc) is 3.17. The molecule has 2 aromatic heterocycles. The van der Waals surface area contributed by atoms with Gasteiger partial charge < -0.3 is 14.8 Å². The van der Waals surface area contributed by atoms with E-state index in [2.05, 4.69) is 10.3 Å². The summed E-state index contributed by atoms with van der Waals surface area (Å²) < 4.78 is 10.1. The predicted octanol–water partition coefficient (Wildman–Crippen LogP) is 3.78. The van der Waals surface area contributed by atoms with Crippen molar-refractivity contribution in [3.05, 3.63) is 71.4 Å². The number of carbonyl (C=O) groups is 3. The summed E-state index contributed by atoms with van der Waals surface area (Å²) in [7, 11) is 0. The molecule has 0 atom stereocenters. The molecule has 1 aromatic carbocycles. The van der Waals surface area contributed by atoms with Gasteiger partial charge in [-0.25, -0.2) is 14.6 Å².